The van der Waals surface area contributed by atoms with Crippen LogP contribution in [0.4, 0.5) is 8.78 Å². The van der Waals surface area contributed by atoms with E-state index in [-0.39, 0.29) is 11.6 Å². The van der Waals surface area contributed by atoms with E-state index in [1.165, 1.54) is 24.3 Å². The monoisotopic (exact) mass is 257 g/mol. The summed E-state index contributed by atoms with van der Waals surface area (Å²) in [6.07, 6.45) is 0.902. The van der Waals surface area contributed by atoms with Crippen molar-refractivity contribution in [2.75, 3.05) is 6.54 Å². The lowest BCUT2D eigenvalue weighted by atomic mass is 10.1. The van der Waals surface area contributed by atoms with E-state index >= 15 is 0 Å². The Labute approximate surface area is 110 Å². The van der Waals surface area contributed by atoms with Crippen LogP contribution in [0.15, 0.2) is 41.4 Å². The number of nitrogens with zero attached hydrogens (tertiary/aromatic N) is 1. The molecular formula is C16H13F2N. The van der Waals surface area contributed by atoms with Crippen molar-refractivity contribution in [2.24, 2.45) is 4.99 Å². The van der Waals surface area contributed by atoms with E-state index in [0.717, 1.165) is 28.7 Å². The number of hydrogen-bond acceptors (Lipinski definition) is 1. The molecule has 2 aromatic carbocycles. The number of aliphatic imine (C=N–C) groups is 1. The van der Waals surface area contributed by atoms with Crippen LogP contribution < -0.4 is 0 Å². The van der Waals surface area contributed by atoms with Gasteiger partial charge >= 0.3 is 0 Å². The molecule has 0 unspecified atom stereocenters. The van der Waals surface area contributed by atoms with E-state index in [0.29, 0.717) is 12.3 Å². The minimum Gasteiger partial charge on any atom is -0.284 e. The summed E-state index contributed by atoms with van der Waals surface area (Å²) in [5, 5.41) is 0. The average molecular weight is 257 g/mol. The van der Waals surface area contributed by atoms with Gasteiger partial charge in [0.05, 0.1) is 5.71 Å². The maximum atomic E-state index is 13.4. The average Bonchev–Trinajstić information content (AvgIpc) is 2.68. The Hall–Kier alpha value is -2.03. The van der Waals surface area contributed by atoms with Gasteiger partial charge in [0.2, 0.25) is 0 Å². The Kier molecular flexibility index (Phi) is 2.90. The van der Waals surface area contributed by atoms with Gasteiger partial charge in [-0.15, -0.1) is 0 Å². The molecule has 0 aromatic heterocycles. The van der Waals surface area contributed by atoms with E-state index in [2.05, 4.69) is 4.99 Å². The molecule has 1 aliphatic rings. The van der Waals surface area contributed by atoms with Gasteiger partial charge in [-0.05, 0) is 41.8 Å². The van der Waals surface area contributed by atoms with Gasteiger partial charge < -0.3 is 0 Å². The van der Waals surface area contributed by atoms with E-state index in [4.69, 9.17) is 0 Å². The molecule has 0 atom stereocenters. The maximum absolute atomic E-state index is 13.4. The molecule has 0 saturated heterocycles. The van der Waals surface area contributed by atoms with Gasteiger partial charge in [0, 0.05) is 17.7 Å². The minimum atomic E-state index is -0.295. The van der Waals surface area contributed by atoms with Crippen LogP contribution in [-0.2, 0) is 0 Å². The SMILES string of the molecule is CCCN=C1c2cc(F)ccc2-c2ccc(F)cc21. The predicted octanol–water partition coefficient (Wildman–Crippen LogP) is 4.19. The van der Waals surface area contributed by atoms with Crippen molar-refractivity contribution in [3.8, 4) is 11.1 Å². The Balaban J connectivity index is 2.26. The van der Waals surface area contributed by atoms with Gasteiger partial charge in [0.15, 0.2) is 0 Å². The zero-order valence-corrected chi connectivity index (χ0v) is 10.6. The molecule has 0 heterocycles. The van der Waals surface area contributed by atoms with Gasteiger partial charge in [0.25, 0.3) is 0 Å². The van der Waals surface area contributed by atoms with Crippen molar-refractivity contribution in [1.29, 1.82) is 0 Å². The highest BCUT2D eigenvalue weighted by Gasteiger charge is 2.25. The van der Waals surface area contributed by atoms with Gasteiger partial charge in [-0.3, -0.25) is 4.99 Å². The second-order valence-electron chi connectivity index (χ2n) is 4.61. The number of fused-ring (bicyclic) bond motifs is 3. The lowest BCUT2D eigenvalue weighted by Gasteiger charge is -2.01. The van der Waals surface area contributed by atoms with Crippen LogP contribution in [0.5, 0.6) is 0 Å². The fourth-order valence-electron chi connectivity index (χ4n) is 2.43. The molecule has 2 aromatic rings. The van der Waals surface area contributed by atoms with Crippen molar-refractivity contribution in [1.82, 2.24) is 0 Å². The zero-order valence-electron chi connectivity index (χ0n) is 10.6. The summed E-state index contributed by atoms with van der Waals surface area (Å²) in [4.78, 5) is 4.49. The summed E-state index contributed by atoms with van der Waals surface area (Å²) < 4.78 is 26.9. The molecule has 0 spiro atoms. The molecule has 3 rings (SSSR count). The molecule has 0 fully saturated rings. The van der Waals surface area contributed by atoms with Crippen LogP contribution in [0.1, 0.15) is 24.5 Å². The van der Waals surface area contributed by atoms with E-state index < -0.39 is 0 Å². The lowest BCUT2D eigenvalue weighted by molar-refractivity contribution is 0.627. The topological polar surface area (TPSA) is 12.4 Å². The molecule has 96 valence electrons. The van der Waals surface area contributed by atoms with Gasteiger partial charge in [-0.1, -0.05) is 19.1 Å². The lowest BCUT2D eigenvalue weighted by Crippen LogP contribution is -2.00. The highest BCUT2D eigenvalue weighted by molar-refractivity contribution is 6.24. The van der Waals surface area contributed by atoms with Crippen LogP contribution >= 0.6 is 0 Å². The largest absolute Gasteiger partial charge is 0.284 e. The van der Waals surface area contributed by atoms with E-state index in [1.54, 1.807) is 12.1 Å². The van der Waals surface area contributed by atoms with Crippen LogP contribution in [0.3, 0.4) is 0 Å². The van der Waals surface area contributed by atoms with Crippen LogP contribution in [0.25, 0.3) is 11.1 Å². The van der Waals surface area contributed by atoms with Crippen LogP contribution in [0.2, 0.25) is 0 Å². The van der Waals surface area contributed by atoms with Crippen molar-refractivity contribution >= 4 is 5.71 Å². The van der Waals surface area contributed by atoms with E-state index in [9.17, 15) is 8.78 Å². The highest BCUT2D eigenvalue weighted by Crippen LogP contribution is 2.37. The Morgan fingerprint density at radius 1 is 0.842 bits per heavy atom. The number of hydrogen-bond donors (Lipinski definition) is 0. The summed E-state index contributed by atoms with van der Waals surface area (Å²) in [5.41, 5.74) is 4.06. The van der Waals surface area contributed by atoms with Gasteiger partial charge in [-0.25, -0.2) is 8.78 Å². The van der Waals surface area contributed by atoms with Crippen molar-refractivity contribution in [3.05, 3.63) is 59.2 Å². The number of benzene rings is 2. The number of rotatable bonds is 2. The van der Waals surface area contributed by atoms with Gasteiger partial charge in [-0.2, -0.15) is 0 Å². The Bertz CT molecular complexity index is 621. The third kappa shape index (κ3) is 1.95. The second kappa shape index (κ2) is 4.57. The van der Waals surface area contributed by atoms with Crippen LogP contribution in [0, 0.1) is 11.6 Å². The standard InChI is InChI=1S/C16H13F2N/c1-2-7-19-16-14-8-10(17)3-5-12(14)13-6-4-11(18)9-15(13)16/h3-6,8-9H,2,7H2,1H3. The maximum Gasteiger partial charge on any atom is 0.123 e. The summed E-state index contributed by atoms with van der Waals surface area (Å²) in [7, 11) is 0. The second-order valence-corrected chi connectivity index (χ2v) is 4.61. The van der Waals surface area contributed by atoms with Crippen molar-refractivity contribution < 1.29 is 8.78 Å². The molecule has 0 radical (unpaired) electrons. The molecular weight excluding hydrogens is 244 g/mol. The summed E-state index contributed by atoms with van der Waals surface area (Å²) >= 11 is 0. The smallest absolute Gasteiger partial charge is 0.123 e. The number of halogens is 2. The predicted molar refractivity (Wildman–Crippen MR) is 72.6 cm³/mol. The fraction of sp³-hybridized carbons (Fsp3) is 0.188. The molecule has 0 N–H and O–H groups in total. The molecule has 1 nitrogen and oxygen atoms in total. The van der Waals surface area contributed by atoms with Gasteiger partial charge in [0.1, 0.15) is 11.6 Å². The summed E-state index contributed by atoms with van der Waals surface area (Å²) in [6, 6.07) is 9.26. The van der Waals surface area contributed by atoms with E-state index in [1.807, 2.05) is 6.92 Å². The molecule has 19 heavy (non-hydrogen) atoms. The highest BCUT2D eigenvalue weighted by atomic mass is 19.1. The first kappa shape index (κ1) is 12.0. The molecule has 0 aliphatic heterocycles. The molecule has 0 saturated carbocycles. The molecule has 1 aliphatic carbocycles. The first-order chi connectivity index (χ1) is 9.20. The molecule has 3 heteroatoms. The zero-order chi connectivity index (χ0) is 13.4. The summed E-state index contributed by atoms with van der Waals surface area (Å²) in [5.74, 6) is -0.590. The first-order valence-electron chi connectivity index (χ1n) is 6.35. The molecule has 0 amide bonds. The third-order valence-electron chi connectivity index (χ3n) is 3.26. The Morgan fingerprint density at radius 2 is 1.37 bits per heavy atom. The first-order valence-corrected chi connectivity index (χ1v) is 6.35. The van der Waals surface area contributed by atoms with Crippen molar-refractivity contribution in [3.63, 3.8) is 0 Å². The Morgan fingerprint density at radius 3 is 1.84 bits per heavy atom. The van der Waals surface area contributed by atoms with Crippen molar-refractivity contribution in [2.45, 2.75) is 13.3 Å². The quantitative estimate of drug-likeness (QED) is 0.652. The minimum absolute atomic E-state index is 0.295. The third-order valence-corrected chi connectivity index (χ3v) is 3.26. The van der Waals surface area contributed by atoms with Crippen LogP contribution in [-0.4, -0.2) is 12.3 Å². The summed E-state index contributed by atoms with van der Waals surface area (Å²) in [6.45, 7) is 2.68. The fourth-order valence-corrected chi connectivity index (χ4v) is 2.43. The normalized spacial score (nSPS) is 12.3. The molecule has 0 bridgehead atoms.